The molecule has 35 heavy (non-hydrogen) atoms. The van der Waals surface area contributed by atoms with Gasteiger partial charge in [-0.1, -0.05) is 12.1 Å². The summed E-state index contributed by atoms with van der Waals surface area (Å²) in [6.07, 6.45) is 1.89. The Morgan fingerprint density at radius 2 is 1.71 bits per heavy atom. The zero-order valence-corrected chi connectivity index (χ0v) is 19.2. The van der Waals surface area contributed by atoms with Gasteiger partial charge in [-0.3, -0.25) is 19.2 Å². The van der Waals surface area contributed by atoms with Gasteiger partial charge in [-0.05, 0) is 49.9 Å². The minimum Gasteiger partial charge on any atom is -0.508 e. The van der Waals surface area contributed by atoms with Crippen molar-refractivity contribution in [2.75, 3.05) is 13.1 Å². The molecule has 7 N–H and O–H groups in total. The molecule has 4 unspecified atom stereocenters. The minimum absolute atomic E-state index is 0.0658. The summed E-state index contributed by atoms with van der Waals surface area (Å²) >= 11 is 0. The molecule has 1 aromatic rings. The number of phenolic OH excluding ortho intramolecular Hbond substituents is 1. The first-order valence-corrected chi connectivity index (χ1v) is 11.6. The van der Waals surface area contributed by atoms with Crippen molar-refractivity contribution >= 4 is 29.6 Å². The number of nitrogens with zero attached hydrogens (tertiary/aromatic N) is 1. The molecule has 0 radical (unpaired) electrons. The van der Waals surface area contributed by atoms with Crippen LogP contribution in [0.2, 0.25) is 0 Å². The molecule has 1 aromatic carbocycles. The van der Waals surface area contributed by atoms with Gasteiger partial charge in [-0.15, -0.1) is 0 Å². The number of benzene rings is 1. The maximum Gasteiger partial charge on any atom is 0.326 e. The fourth-order valence-corrected chi connectivity index (χ4v) is 4.42. The Kier molecular flexibility index (Phi) is 8.63. The highest BCUT2D eigenvalue weighted by molar-refractivity contribution is 5.95. The van der Waals surface area contributed by atoms with E-state index < -0.39 is 54.3 Å². The molecule has 2 saturated heterocycles. The van der Waals surface area contributed by atoms with Crippen molar-refractivity contribution in [3.8, 4) is 5.75 Å². The molecule has 0 bridgehead atoms. The van der Waals surface area contributed by atoms with Gasteiger partial charge in [0.05, 0.1) is 12.5 Å². The number of hydrogen-bond acceptors (Lipinski definition) is 7. The highest BCUT2D eigenvalue weighted by Crippen LogP contribution is 2.21. The molecule has 0 aromatic heterocycles. The molecule has 2 fully saturated rings. The van der Waals surface area contributed by atoms with E-state index in [9.17, 15) is 34.2 Å². The molecule has 2 aliphatic rings. The third-order valence-corrected chi connectivity index (χ3v) is 6.23. The van der Waals surface area contributed by atoms with Crippen molar-refractivity contribution in [3.63, 3.8) is 0 Å². The summed E-state index contributed by atoms with van der Waals surface area (Å²) in [5.41, 5.74) is 5.78. The Bertz CT molecular complexity index is 962. The number of aliphatic carboxylic acids is 1. The lowest BCUT2D eigenvalue weighted by atomic mass is 10.0. The maximum absolute atomic E-state index is 13.6. The summed E-state index contributed by atoms with van der Waals surface area (Å²) in [6, 6.07) is 2.43. The molecule has 0 saturated carbocycles. The van der Waals surface area contributed by atoms with Crippen molar-refractivity contribution < 1.29 is 34.2 Å². The van der Waals surface area contributed by atoms with Crippen LogP contribution >= 0.6 is 0 Å². The fraction of sp³-hybridized carbons (Fsp3) is 0.522. The molecular formula is C23H31N5O7. The van der Waals surface area contributed by atoms with E-state index >= 15 is 0 Å². The first-order chi connectivity index (χ1) is 16.7. The van der Waals surface area contributed by atoms with E-state index in [0.29, 0.717) is 31.4 Å². The van der Waals surface area contributed by atoms with E-state index in [1.54, 1.807) is 12.1 Å². The third kappa shape index (κ3) is 6.92. The highest BCUT2D eigenvalue weighted by atomic mass is 16.4. The van der Waals surface area contributed by atoms with Crippen LogP contribution in [-0.2, 0) is 30.4 Å². The number of likely N-dealkylation sites (tertiary alicyclic amines) is 1. The monoisotopic (exact) mass is 489 g/mol. The van der Waals surface area contributed by atoms with E-state index in [2.05, 4.69) is 16.0 Å². The van der Waals surface area contributed by atoms with Gasteiger partial charge in [0.15, 0.2) is 0 Å². The second kappa shape index (κ2) is 11.6. The number of amides is 4. The smallest absolute Gasteiger partial charge is 0.326 e. The first kappa shape index (κ1) is 25.9. The van der Waals surface area contributed by atoms with Crippen molar-refractivity contribution in [1.29, 1.82) is 0 Å². The largest absolute Gasteiger partial charge is 0.508 e. The summed E-state index contributed by atoms with van der Waals surface area (Å²) in [6.45, 7) is 0.965. The number of aromatic hydroxyl groups is 1. The van der Waals surface area contributed by atoms with Crippen LogP contribution in [0.5, 0.6) is 5.75 Å². The number of hydrogen-bond donors (Lipinski definition) is 6. The number of carbonyl (C=O) groups is 5. The number of carboxylic acids is 1. The Morgan fingerprint density at radius 3 is 2.31 bits per heavy atom. The molecule has 4 amide bonds. The molecule has 4 atom stereocenters. The molecule has 12 nitrogen and oxygen atoms in total. The zero-order valence-electron chi connectivity index (χ0n) is 19.2. The van der Waals surface area contributed by atoms with Gasteiger partial charge >= 0.3 is 5.97 Å². The number of nitrogens with one attached hydrogen (secondary N) is 3. The Balaban J connectivity index is 1.76. The molecule has 2 aliphatic heterocycles. The average molecular weight is 490 g/mol. The lowest BCUT2D eigenvalue weighted by Crippen LogP contribution is -2.57. The van der Waals surface area contributed by atoms with Gasteiger partial charge in [-0.25, -0.2) is 4.79 Å². The van der Waals surface area contributed by atoms with Gasteiger partial charge in [0.2, 0.25) is 23.6 Å². The predicted octanol–water partition coefficient (Wildman–Crippen LogP) is -1.39. The summed E-state index contributed by atoms with van der Waals surface area (Å²) < 4.78 is 0. The van der Waals surface area contributed by atoms with Crippen LogP contribution in [0, 0.1) is 0 Å². The summed E-state index contributed by atoms with van der Waals surface area (Å²) in [7, 11) is 0. The summed E-state index contributed by atoms with van der Waals surface area (Å²) in [5.74, 6) is -3.70. The predicted molar refractivity (Wildman–Crippen MR) is 123 cm³/mol. The topological polar surface area (TPSA) is 191 Å². The van der Waals surface area contributed by atoms with E-state index in [1.807, 2.05) is 0 Å². The van der Waals surface area contributed by atoms with Crippen molar-refractivity contribution in [2.24, 2.45) is 5.73 Å². The number of rotatable bonds is 10. The van der Waals surface area contributed by atoms with Crippen LogP contribution < -0.4 is 21.7 Å². The van der Waals surface area contributed by atoms with Crippen molar-refractivity contribution in [3.05, 3.63) is 29.8 Å². The Hall–Kier alpha value is -3.67. The minimum atomic E-state index is -1.50. The number of nitrogens with two attached hydrogens (primary N) is 1. The standard InChI is InChI=1S/C23H31N5O7/c24-19(30)12-17(23(34)35)27-21(32)18-4-2-10-28(18)22(33)16(11-13-5-7-14(29)8-6-13)26-20(31)15-3-1-9-25-15/h5-8,15-18,25,29H,1-4,9-12H2,(H2,24,30)(H,26,31)(H,27,32)(H,34,35). The summed E-state index contributed by atoms with van der Waals surface area (Å²) in [5, 5.41) is 27.0. The van der Waals surface area contributed by atoms with Gasteiger partial charge < -0.3 is 36.8 Å². The number of carbonyl (C=O) groups excluding carboxylic acids is 4. The van der Waals surface area contributed by atoms with Crippen LogP contribution in [0.4, 0.5) is 0 Å². The summed E-state index contributed by atoms with van der Waals surface area (Å²) in [4.78, 5) is 63.1. The lowest BCUT2D eigenvalue weighted by Gasteiger charge is -2.30. The highest BCUT2D eigenvalue weighted by Gasteiger charge is 2.39. The SMILES string of the molecule is NC(=O)CC(NC(=O)C1CCCN1C(=O)C(Cc1ccc(O)cc1)NC(=O)C1CCCN1)C(=O)O. The normalized spacial score (nSPS) is 21.2. The van der Waals surface area contributed by atoms with E-state index in [0.717, 1.165) is 6.42 Å². The maximum atomic E-state index is 13.6. The number of carboxylic acid groups (broad SMARTS) is 1. The molecule has 2 heterocycles. The van der Waals surface area contributed by atoms with Crippen LogP contribution in [0.3, 0.4) is 0 Å². The molecule has 190 valence electrons. The quantitative estimate of drug-likeness (QED) is 0.231. The fourth-order valence-electron chi connectivity index (χ4n) is 4.42. The molecule has 0 aliphatic carbocycles. The van der Waals surface area contributed by atoms with Crippen LogP contribution in [0.25, 0.3) is 0 Å². The second-order valence-electron chi connectivity index (χ2n) is 8.84. The lowest BCUT2D eigenvalue weighted by molar-refractivity contribution is -0.145. The molecular weight excluding hydrogens is 458 g/mol. The molecule has 0 spiro atoms. The second-order valence-corrected chi connectivity index (χ2v) is 8.84. The van der Waals surface area contributed by atoms with Gasteiger partial charge in [0.25, 0.3) is 0 Å². The Labute approximate surface area is 202 Å². The van der Waals surface area contributed by atoms with Crippen LogP contribution in [0.1, 0.15) is 37.7 Å². The van der Waals surface area contributed by atoms with Crippen molar-refractivity contribution in [2.45, 2.75) is 62.7 Å². The van der Waals surface area contributed by atoms with E-state index in [-0.39, 0.29) is 24.6 Å². The van der Waals surface area contributed by atoms with E-state index in [1.165, 1.54) is 17.0 Å². The van der Waals surface area contributed by atoms with Gasteiger partial charge in [0, 0.05) is 13.0 Å². The van der Waals surface area contributed by atoms with Gasteiger partial charge in [-0.2, -0.15) is 0 Å². The van der Waals surface area contributed by atoms with Crippen LogP contribution in [0.15, 0.2) is 24.3 Å². The Morgan fingerprint density at radius 1 is 1.03 bits per heavy atom. The average Bonchev–Trinajstić information content (AvgIpc) is 3.51. The third-order valence-electron chi connectivity index (χ3n) is 6.23. The van der Waals surface area contributed by atoms with Crippen molar-refractivity contribution in [1.82, 2.24) is 20.9 Å². The van der Waals surface area contributed by atoms with Gasteiger partial charge in [0.1, 0.15) is 23.9 Å². The molecule has 3 rings (SSSR count). The molecule has 12 heteroatoms. The number of phenols is 1. The zero-order chi connectivity index (χ0) is 25.5. The van der Waals surface area contributed by atoms with Crippen LogP contribution in [-0.4, -0.2) is 82.0 Å². The first-order valence-electron chi connectivity index (χ1n) is 11.6. The van der Waals surface area contributed by atoms with E-state index in [4.69, 9.17) is 5.73 Å². The number of primary amides is 1.